The van der Waals surface area contributed by atoms with Gasteiger partial charge in [-0.1, -0.05) is 418 Å². The number of nitrogens with zero attached hydrogens (tertiary/aromatic N) is 1. The van der Waals surface area contributed by atoms with Crippen LogP contribution in [-0.2, 0) is 70.2 Å². The van der Waals surface area contributed by atoms with Crippen molar-refractivity contribution in [1.29, 1.82) is 0 Å². The molecule has 4 aliphatic heterocycles. The van der Waals surface area contributed by atoms with Crippen LogP contribution in [0, 0.1) is 32.5 Å². The van der Waals surface area contributed by atoms with Gasteiger partial charge in [-0.25, -0.2) is 8.42 Å². The van der Waals surface area contributed by atoms with Crippen molar-refractivity contribution in [2.24, 2.45) is 32.5 Å². The zero-order valence-electron chi connectivity index (χ0n) is 72.6. The summed E-state index contributed by atoms with van der Waals surface area (Å²) in [6.07, 6.45) is 6.50. The maximum absolute atomic E-state index is 12.7. The van der Waals surface area contributed by atoms with Crippen molar-refractivity contribution in [2.75, 3.05) is 0 Å². The minimum atomic E-state index is -3.29. The molecule has 0 amide bonds. The summed E-state index contributed by atoms with van der Waals surface area (Å²) in [6, 6.07) is 98.2. The van der Waals surface area contributed by atoms with Crippen LogP contribution < -0.4 is 4.74 Å². The molecule has 6 aliphatic rings. The molecule has 0 bridgehead atoms. The summed E-state index contributed by atoms with van der Waals surface area (Å²) in [5.74, 6) is 4.95. The molecule has 6 unspecified atom stereocenters. The maximum atomic E-state index is 12.7. The third-order valence-electron chi connectivity index (χ3n) is 24.2. The van der Waals surface area contributed by atoms with Gasteiger partial charge < -0.3 is 4.74 Å². The molecule has 1 aromatic heterocycles. The first-order valence-corrected chi connectivity index (χ1v) is 46.2. The average molecular weight is 1700 g/mol. The van der Waals surface area contributed by atoms with E-state index >= 15 is 0 Å². The summed E-state index contributed by atoms with van der Waals surface area (Å²) in [4.78, 5) is 7.66. The zero-order valence-corrected chi connectivity index (χ0v) is 75.0. The number of hydrogen-bond acceptors (Lipinski definition) is 6. The molecular formula is C115H147NO4S3. The number of benzene rings is 11. The molecule has 5 heterocycles. The normalized spacial score (nSPS) is 17.8. The van der Waals surface area contributed by atoms with Gasteiger partial charge in [-0.2, -0.15) is 0 Å². The second-order valence-electron chi connectivity index (χ2n) is 39.2. The van der Waals surface area contributed by atoms with Gasteiger partial charge in [-0.05, 0) is 189 Å². The Hall–Kier alpha value is -9.18. The number of fused-ring (bicyclic) bond motifs is 12. The van der Waals surface area contributed by atoms with Crippen molar-refractivity contribution in [2.45, 2.75) is 269 Å². The number of aromatic nitrogens is 1. The Labute approximate surface area is 753 Å². The highest BCUT2D eigenvalue weighted by Crippen LogP contribution is 2.53. The second kappa shape index (κ2) is 41.7. The molecule has 0 saturated heterocycles. The lowest BCUT2D eigenvalue weighted by atomic mass is 9.71. The van der Waals surface area contributed by atoms with E-state index in [2.05, 4.69) is 343 Å². The minimum absolute atomic E-state index is 0. The summed E-state index contributed by atoms with van der Waals surface area (Å²) in [5, 5.41) is 0. The van der Waals surface area contributed by atoms with Crippen LogP contribution >= 0.6 is 11.8 Å². The summed E-state index contributed by atoms with van der Waals surface area (Å²) in [5.41, 5.74) is 27.9. The van der Waals surface area contributed by atoms with Gasteiger partial charge in [0.15, 0.2) is 9.84 Å². The number of pyridine rings is 1. The first kappa shape index (κ1) is 101. The smallest absolute Gasteiger partial charge is 0.182 e. The Morgan fingerprint density at radius 3 is 1.11 bits per heavy atom. The molecule has 8 heteroatoms. The number of para-hydroxylation sites is 1. The molecule has 123 heavy (non-hydrogen) atoms. The standard InChI is InChI=1S/C19H22.C18H21N.C18H20O2S.C18H20OS.C18H20O.C18H20S.6CH4/c1-19(2,3)18-16-10-6-4-8-14(16)12-13-15-9-5-7-11-17(15)18;1-18(2,3)16-15-9-5-4-7-13(15)10-11-14-8-6-12-19-17(14)16;1-18(2,3)17-14-9-5-4-8-13(14)12-21(19,20)16-11-7-6-10-15(16)17;1-18(2,3)17-14-9-5-4-8-13(14)12-20(19)16-11-7-6-10-15(16)17;2*1-18(2,3)17-14-9-5-4-8-13(14)12-19-16-11-7-6-10-15(16)17;;;;;;/h4-11,18H,12-13H2,1-3H3;4-9,12,16H,10-11H2,1-3H3;4-11,17H,12H2,1-3H3;4-11,17H,12H2,1-3H3;2*4-11,17H,12H2,1-3H3;6*1H4. The number of hydrogen-bond donors (Lipinski definition) is 0. The highest BCUT2D eigenvalue weighted by molar-refractivity contribution is 7.98. The molecule has 5 nitrogen and oxygen atoms in total. The number of aryl methyl sites for hydroxylation is 4. The van der Waals surface area contributed by atoms with Crippen LogP contribution in [-0.4, -0.2) is 17.6 Å². The Kier molecular flexibility index (Phi) is 34.3. The lowest BCUT2D eigenvalue weighted by molar-refractivity contribution is 0.304. The zero-order chi connectivity index (χ0) is 83.4. The topological polar surface area (TPSA) is 73.3 Å². The van der Waals surface area contributed by atoms with Crippen LogP contribution in [0.15, 0.2) is 300 Å². The molecule has 18 rings (SSSR count). The van der Waals surface area contributed by atoms with Gasteiger partial charge in [0.05, 0.1) is 32.9 Å². The lowest BCUT2D eigenvalue weighted by Crippen LogP contribution is -2.21. The van der Waals surface area contributed by atoms with E-state index in [9.17, 15) is 12.6 Å². The number of sulfone groups is 1. The third kappa shape index (κ3) is 22.9. The highest BCUT2D eigenvalue weighted by Gasteiger charge is 2.41. The van der Waals surface area contributed by atoms with E-state index < -0.39 is 20.6 Å². The SMILES string of the molecule is C.C.C.C.C.C.CC(C)(C)C1c2ccccc2CCc2ccccc21.CC(C)(C)C1c2ccccc2CCc2cccnc21.CC(C)(C)C1c2ccccc2COc2ccccc21.CC(C)(C)C1c2ccccc2CS(=O)(=O)c2ccccc21.CC(C)(C)C1c2ccccc2CS(=O)c2ccccc21.CC(C)(C)C1c2ccccc2CSc2ccccc21. The van der Waals surface area contributed by atoms with Crippen LogP contribution in [0.4, 0.5) is 0 Å². The monoisotopic (exact) mass is 1700 g/mol. The molecule has 0 radical (unpaired) electrons. The number of thioether (sulfide) groups is 1. The number of rotatable bonds is 0. The molecule has 0 N–H and O–H groups in total. The fraction of sp³-hybridized carbons (Fsp3) is 0.383. The van der Waals surface area contributed by atoms with E-state index in [1.54, 1.807) is 6.07 Å². The molecular weight excluding hydrogens is 1560 g/mol. The van der Waals surface area contributed by atoms with Gasteiger partial charge in [-0.3, -0.25) is 9.19 Å². The first-order chi connectivity index (χ1) is 55.6. The highest BCUT2D eigenvalue weighted by atomic mass is 32.2. The lowest BCUT2D eigenvalue weighted by Gasteiger charge is -2.33. The average Bonchev–Trinajstić information content (AvgIpc) is 1.60. The van der Waals surface area contributed by atoms with Crippen LogP contribution in [0.3, 0.4) is 0 Å². The molecule has 0 saturated carbocycles. The van der Waals surface area contributed by atoms with E-state index in [1.807, 2.05) is 72.6 Å². The second-order valence-corrected chi connectivity index (χ2v) is 43.6. The van der Waals surface area contributed by atoms with Crippen LogP contribution in [0.5, 0.6) is 5.75 Å². The molecule has 2 aliphatic carbocycles. The van der Waals surface area contributed by atoms with Crippen molar-refractivity contribution in [3.05, 3.63) is 397 Å². The Bertz CT molecular complexity index is 4980. The van der Waals surface area contributed by atoms with E-state index in [0.717, 1.165) is 45.9 Å². The predicted molar refractivity (Wildman–Crippen MR) is 533 cm³/mol. The quantitative estimate of drug-likeness (QED) is 0.151. The maximum Gasteiger partial charge on any atom is 0.182 e. The molecule has 654 valence electrons. The fourth-order valence-corrected chi connectivity index (χ4v) is 23.5. The first-order valence-electron chi connectivity index (χ1n) is 42.3. The third-order valence-corrected chi connectivity index (χ3v) is 28.5. The van der Waals surface area contributed by atoms with Crippen LogP contribution in [0.2, 0.25) is 0 Å². The minimum Gasteiger partial charge on any atom is -0.489 e. The molecule has 6 atom stereocenters. The van der Waals surface area contributed by atoms with E-state index in [0.29, 0.717) is 46.8 Å². The molecule has 0 fully saturated rings. The molecule has 0 spiro atoms. The largest absolute Gasteiger partial charge is 0.489 e. The number of ether oxygens (including phenoxy) is 1. The Morgan fingerprint density at radius 2 is 0.618 bits per heavy atom. The van der Waals surface area contributed by atoms with Gasteiger partial charge in [-0.15, -0.1) is 11.8 Å². The molecule has 12 aromatic rings. The van der Waals surface area contributed by atoms with E-state index in [4.69, 9.17) is 9.72 Å². The van der Waals surface area contributed by atoms with Crippen LogP contribution in [0.25, 0.3) is 0 Å². The van der Waals surface area contributed by atoms with E-state index in [1.165, 1.54) is 112 Å². The van der Waals surface area contributed by atoms with Gasteiger partial charge in [0.1, 0.15) is 12.4 Å². The summed E-state index contributed by atoms with van der Waals surface area (Å²) < 4.78 is 44.1. The van der Waals surface area contributed by atoms with Gasteiger partial charge in [0.2, 0.25) is 0 Å². The van der Waals surface area contributed by atoms with Gasteiger partial charge in [0, 0.05) is 62.8 Å². The van der Waals surface area contributed by atoms with Gasteiger partial charge in [0.25, 0.3) is 0 Å². The summed E-state index contributed by atoms with van der Waals surface area (Å²) >= 11 is 1.97. The van der Waals surface area contributed by atoms with Crippen molar-refractivity contribution in [3.63, 3.8) is 0 Å². The van der Waals surface area contributed by atoms with Crippen molar-refractivity contribution < 1.29 is 17.4 Å². The van der Waals surface area contributed by atoms with Crippen LogP contribution in [0.1, 0.15) is 316 Å². The summed E-state index contributed by atoms with van der Waals surface area (Å²) in [6.45, 7) is 41.9. The molecule has 11 aromatic carbocycles. The Morgan fingerprint density at radius 1 is 0.309 bits per heavy atom. The van der Waals surface area contributed by atoms with E-state index in [-0.39, 0.29) is 88.7 Å². The fourth-order valence-electron chi connectivity index (χ4n) is 19.3. The summed E-state index contributed by atoms with van der Waals surface area (Å²) in [7, 11) is -4.23. The van der Waals surface area contributed by atoms with Gasteiger partial charge >= 0.3 is 0 Å². The van der Waals surface area contributed by atoms with Crippen molar-refractivity contribution in [3.8, 4) is 5.75 Å². The van der Waals surface area contributed by atoms with Crippen molar-refractivity contribution >= 4 is 32.4 Å². The van der Waals surface area contributed by atoms with Crippen molar-refractivity contribution in [1.82, 2.24) is 4.98 Å². The predicted octanol–water partition coefficient (Wildman–Crippen LogP) is 32.0. The Balaban J connectivity index is 0.000000201.